The van der Waals surface area contributed by atoms with E-state index in [4.69, 9.17) is 0 Å². The number of rotatable bonds is 4. The molecule has 1 saturated heterocycles. The number of anilines is 2. The first-order chi connectivity index (χ1) is 15.1. The molecule has 0 atom stereocenters. The zero-order valence-corrected chi connectivity index (χ0v) is 17.1. The maximum absolute atomic E-state index is 13.5. The number of fused-ring (bicyclic) bond motifs is 1. The van der Waals surface area contributed by atoms with Gasteiger partial charge in [0.1, 0.15) is 11.5 Å². The van der Waals surface area contributed by atoms with Crippen LogP contribution in [0.1, 0.15) is 10.5 Å². The van der Waals surface area contributed by atoms with Crippen LogP contribution in [0.3, 0.4) is 0 Å². The van der Waals surface area contributed by atoms with E-state index in [1.54, 1.807) is 17.8 Å². The van der Waals surface area contributed by atoms with Crippen molar-refractivity contribution in [3.63, 3.8) is 0 Å². The molecule has 0 spiro atoms. The highest BCUT2D eigenvalue weighted by molar-refractivity contribution is 7.12. The van der Waals surface area contributed by atoms with Crippen LogP contribution in [0.5, 0.6) is 0 Å². The van der Waals surface area contributed by atoms with E-state index in [1.165, 1.54) is 22.8 Å². The van der Waals surface area contributed by atoms with Crippen LogP contribution in [0.2, 0.25) is 0 Å². The molecule has 4 heterocycles. The molecule has 3 aromatic heterocycles. The van der Waals surface area contributed by atoms with Gasteiger partial charge >= 0.3 is 5.69 Å². The van der Waals surface area contributed by atoms with Crippen molar-refractivity contribution in [1.82, 2.24) is 24.8 Å². The molecule has 0 saturated carbocycles. The second kappa shape index (κ2) is 7.93. The first-order valence-electron chi connectivity index (χ1n) is 9.67. The molecule has 0 radical (unpaired) electrons. The smallest absolute Gasteiger partial charge is 0.332 e. The Balaban J connectivity index is 1.42. The number of hydrogen-bond acceptors (Lipinski definition) is 7. The third-order valence-corrected chi connectivity index (χ3v) is 5.89. The quantitative estimate of drug-likeness (QED) is 0.449. The van der Waals surface area contributed by atoms with Crippen molar-refractivity contribution in [2.75, 3.05) is 36.4 Å². The molecule has 1 aliphatic rings. The molecule has 0 aliphatic carbocycles. The molecule has 11 heteroatoms. The van der Waals surface area contributed by atoms with E-state index in [-0.39, 0.29) is 5.69 Å². The van der Waals surface area contributed by atoms with Crippen LogP contribution in [0, 0.1) is 5.82 Å². The average Bonchev–Trinajstić information content (AvgIpc) is 3.38. The van der Waals surface area contributed by atoms with Crippen LogP contribution in [0.4, 0.5) is 15.8 Å². The van der Waals surface area contributed by atoms with E-state index in [1.807, 2.05) is 6.07 Å². The fourth-order valence-electron chi connectivity index (χ4n) is 3.60. The summed E-state index contributed by atoms with van der Waals surface area (Å²) in [5.74, 6) is -0.845. The predicted octanol–water partition coefficient (Wildman–Crippen LogP) is 1.97. The SMILES string of the molecule is O=C(Nc1cnccc1N1CCNCC1)c1csc(-n2c(=O)[nH]c3cc(F)ccc32)n1. The second-order valence-corrected chi connectivity index (χ2v) is 7.86. The van der Waals surface area contributed by atoms with E-state index in [2.05, 4.69) is 30.5 Å². The molecule has 9 nitrogen and oxygen atoms in total. The molecule has 1 amide bonds. The Bertz CT molecular complexity index is 1320. The average molecular weight is 439 g/mol. The largest absolute Gasteiger partial charge is 0.367 e. The summed E-state index contributed by atoms with van der Waals surface area (Å²) >= 11 is 1.15. The fourth-order valence-corrected chi connectivity index (χ4v) is 4.41. The lowest BCUT2D eigenvalue weighted by Gasteiger charge is -2.30. The van der Waals surface area contributed by atoms with Crippen LogP contribution in [0.25, 0.3) is 16.2 Å². The number of benzene rings is 1. The highest BCUT2D eigenvalue weighted by atomic mass is 32.1. The third-order valence-electron chi connectivity index (χ3n) is 5.06. The predicted molar refractivity (Wildman–Crippen MR) is 117 cm³/mol. The van der Waals surface area contributed by atoms with Gasteiger partial charge in [-0.05, 0) is 24.3 Å². The van der Waals surface area contributed by atoms with E-state index >= 15 is 0 Å². The number of imidazole rings is 1. The van der Waals surface area contributed by atoms with Gasteiger partial charge in [-0.15, -0.1) is 11.3 Å². The summed E-state index contributed by atoms with van der Waals surface area (Å²) in [6.07, 6.45) is 3.31. The molecule has 5 rings (SSSR count). The highest BCUT2D eigenvalue weighted by Crippen LogP contribution is 2.26. The van der Waals surface area contributed by atoms with Gasteiger partial charge < -0.3 is 20.5 Å². The van der Waals surface area contributed by atoms with Gasteiger partial charge in [-0.1, -0.05) is 0 Å². The number of hydrogen-bond donors (Lipinski definition) is 3. The van der Waals surface area contributed by atoms with Crippen molar-refractivity contribution < 1.29 is 9.18 Å². The van der Waals surface area contributed by atoms with Gasteiger partial charge in [-0.3, -0.25) is 9.78 Å². The number of aromatic amines is 1. The first kappa shape index (κ1) is 19.4. The van der Waals surface area contributed by atoms with Gasteiger partial charge in [0.25, 0.3) is 5.91 Å². The second-order valence-electron chi connectivity index (χ2n) is 7.03. The summed E-state index contributed by atoms with van der Waals surface area (Å²) in [6.45, 7) is 3.40. The molecule has 4 aromatic rings. The molecule has 1 aliphatic heterocycles. The number of thiazole rings is 1. The minimum Gasteiger partial charge on any atom is -0.367 e. The third kappa shape index (κ3) is 3.68. The van der Waals surface area contributed by atoms with Crippen LogP contribution in [-0.4, -0.2) is 51.6 Å². The lowest BCUT2D eigenvalue weighted by molar-refractivity contribution is 0.102. The van der Waals surface area contributed by atoms with Gasteiger partial charge in [0, 0.05) is 37.8 Å². The van der Waals surface area contributed by atoms with Crippen molar-refractivity contribution >= 4 is 39.7 Å². The van der Waals surface area contributed by atoms with E-state index < -0.39 is 17.4 Å². The Morgan fingerprint density at radius 1 is 1.23 bits per heavy atom. The topological polar surface area (TPSA) is 108 Å². The highest BCUT2D eigenvalue weighted by Gasteiger charge is 2.19. The molecular weight excluding hydrogens is 421 g/mol. The first-order valence-corrected chi connectivity index (χ1v) is 10.6. The molecule has 3 N–H and O–H groups in total. The molecule has 31 heavy (non-hydrogen) atoms. The number of halogens is 1. The van der Waals surface area contributed by atoms with Gasteiger partial charge in [-0.25, -0.2) is 18.7 Å². The lowest BCUT2D eigenvalue weighted by atomic mass is 10.2. The number of nitrogens with one attached hydrogen (secondary N) is 3. The number of carbonyl (C=O) groups is 1. The Hall–Kier alpha value is -3.57. The van der Waals surface area contributed by atoms with Crippen LogP contribution >= 0.6 is 11.3 Å². The Morgan fingerprint density at radius 3 is 2.90 bits per heavy atom. The van der Waals surface area contributed by atoms with E-state index in [9.17, 15) is 14.0 Å². The fraction of sp³-hybridized carbons (Fsp3) is 0.200. The van der Waals surface area contributed by atoms with Crippen LogP contribution in [-0.2, 0) is 0 Å². The maximum atomic E-state index is 13.5. The zero-order chi connectivity index (χ0) is 21.4. The maximum Gasteiger partial charge on any atom is 0.332 e. The zero-order valence-electron chi connectivity index (χ0n) is 16.3. The summed E-state index contributed by atoms with van der Waals surface area (Å²) in [7, 11) is 0. The number of aromatic nitrogens is 4. The summed E-state index contributed by atoms with van der Waals surface area (Å²) < 4.78 is 14.8. The number of nitrogens with zero attached hydrogens (tertiary/aromatic N) is 4. The standard InChI is InChI=1S/C20H18FN7O2S/c21-12-1-2-17-13(9-12)25-19(30)28(17)20-26-15(11-31-20)18(29)24-14-10-23-4-3-16(14)27-7-5-22-6-8-27/h1-4,9-11,22H,5-8H2,(H,24,29)(H,25,30). The monoisotopic (exact) mass is 439 g/mol. The number of pyridine rings is 1. The van der Waals surface area contributed by atoms with Crippen molar-refractivity contribution in [3.8, 4) is 5.13 Å². The molecule has 1 fully saturated rings. The van der Waals surface area contributed by atoms with Gasteiger partial charge in [0.05, 0.1) is 28.6 Å². The Morgan fingerprint density at radius 2 is 2.06 bits per heavy atom. The summed E-state index contributed by atoms with van der Waals surface area (Å²) in [5.41, 5.74) is 2.08. The van der Waals surface area contributed by atoms with E-state index in [0.717, 1.165) is 43.2 Å². The summed E-state index contributed by atoms with van der Waals surface area (Å²) in [6, 6.07) is 5.89. The van der Waals surface area contributed by atoms with Crippen LogP contribution in [0.15, 0.2) is 46.8 Å². The minimum atomic E-state index is -0.449. The van der Waals surface area contributed by atoms with Crippen LogP contribution < -0.4 is 21.2 Å². The molecule has 0 bridgehead atoms. The van der Waals surface area contributed by atoms with Crippen molar-refractivity contribution in [2.24, 2.45) is 0 Å². The number of carbonyl (C=O) groups excluding carboxylic acids is 1. The minimum absolute atomic E-state index is 0.179. The lowest BCUT2D eigenvalue weighted by Crippen LogP contribution is -2.43. The van der Waals surface area contributed by atoms with Crippen molar-refractivity contribution in [2.45, 2.75) is 0 Å². The normalized spacial score (nSPS) is 14.2. The van der Waals surface area contributed by atoms with E-state index in [0.29, 0.717) is 21.9 Å². The Labute approximate surface area is 179 Å². The van der Waals surface area contributed by atoms with Gasteiger partial charge in [0.2, 0.25) is 0 Å². The number of piperazine rings is 1. The summed E-state index contributed by atoms with van der Waals surface area (Å²) in [5, 5.41) is 8.08. The van der Waals surface area contributed by atoms with Crippen molar-refractivity contribution in [1.29, 1.82) is 0 Å². The number of amides is 1. The molecule has 158 valence electrons. The number of H-pyrrole nitrogens is 1. The van der Waals surface area contributed by atoms with Gasteiger partial charge in [0.15, 0.2) is 5.13 Å². The van der Waals surface area contributed by atoms with Gasteiger partial charge in [-0.2, -0.15) is 0 Å². The molecule has 0 unspecified atom stereocenters. The molecule has 1 aromatic carbocycles. The van der Waals surface area contributed by atoms with Crippen molar-refractivity contribution in [3.05, 3.63) is 64.0 Å². The Kier molecular flexibility index (Phi) is 4.96. The summed E-state index contributed by atoms with van der Waals surface area (Å²) in [4.78, 5) is 38.5. The molecular formula is C20H18FN7O2S.